The SMILES string of the molecule is C.C.C.C.C.C.C.C.C.C.C.CC(C)C1=CCN=C1.CC(C)c1cn(C)nn1.CC(C)c1cncn1C.CC(C)c1cnco1.CC(C)c1cnn(C)c1.CC(C)c1nncn1C.CC(C)c1nncs1.Cc1ncc(C(C)C)n1C.Cc1ncc(C(C)C)o1.Cc1nnc(C(C)C)n1C.Cc1nnc(C(C)C)s1. The number of nitrogens with zero attached hydrogens (tertiary/aromatic N) is 22. The first-order valence-electron chi connectivity index (χ1n) is 33.9. The average Bonchev–Trinajstić information content (AvgIpc) is 1.73. The highest BCUT2D eigenvalue weighted by Gasteiger charge is 2.10. The second-order valence-corrected chi connectivity index (χ2v) is 29.0. The molecule has 26 heteroatoms. The molecule has 0 aliphatic carbocycles. The second-order valence-electron chi connectivity index (χ2n) is 27.0. The van der Waals surface area contributed by atoms with Gasteiger partial charge in [-0.15, -0.1) is 68.6 Å². The summed E-state index contributed by atoms with van der Waals surface area (Å²) in [6.45, 7) is 55.5. The third kappa shape index (κ3) is 49.7. The Balaban J connectivity index is -0.000000107. The van der Waals surface area contributed by atoms with E-state index in [1.54, 1.807) is 51.6 Å². The normalized spacial score (nSPS) is 10.1. The third-order valence-corrected chi connectivity index (χ3v) is 16.4. The van der Waals surface area contributed by atoms with Gasteiger partial charge in [-0.2, -0.15) is 5.10 Å². The summed E-state index contributed by atoms with van der Waals surface area (Å²) in [5, 5.41) is 46.2. The zero-order chi connectivity index (χ0) is 74.5. The van der Waals surface area contributed by atoms with Crippen LogP contribution in [-0.2, 0) is 42.3 Å². The summed E-state index contributed by atoms with van der Waals surface area (Å²) in [4.78, 5) is 20.0. The Labute approximate surface area is 676 Å². The van der Waals surface area contributed by atoms with E-state index in [0.29, 0.717) is 65.1 Å². The number of hydrogen-bond acceptors (Lipinski definition) is 20. The lowest BCUT2D eigenvalue weighted by Crippen LogP contribution is -2.00. The van der Waals surface area contributed by atoms with Crippen LogP contribution in [-0.4, -0.2) is 117 Å². The van der Waals surface area contributed by atoms with E-state index < -0.39 is 0 Å². The van der Waals surface area contributed by atoms with Crippen molar-refractivity contribution in [3.63, 3.8) is 0 Å². The van der Waals surface area contributed by atoms with Gasteiger partial charge in [-0.25, -0.2) is 19.9 Å². The van der Waals surface area contributed by atoms with Crippen LogP contribution in [0, 0.1) is 33.6 Å². The molecule has 0 N–H and O–H groups in total. The van der Waals surface area contributed by atoms with Gasteiger partial charge in [-0.1, -0.05) is 245 Å². The molecule has 10 aromatic rings. The zero-order valence-corrected chi connectivity index (χ0v) is 67.2. The van der Waals surface area contributed by atoms with Gasteiger partial charge < -0.3 is 27.1 Å². The Kier molecular flexibility index (Phi) is 75.3. The molecule has 109 heavy (non-hydrogen) atoms. The highest BCUT2D eigenvalue weighted by molar-refractivity contribution is 7.11. The van der Waals surface area contributed by atoms with Crippen molar-refractivity contribution in [1.29, 1.82) is 0 Å². The molecule has 0 saturated carbocycles. The molecule has 11 rings (SSSR count). The highest BCUT2D eigenvalue weighted by atomic mass is 32.1. The van der Waals surface area contributed by atoms with Crippen molar-refractivity contribution in [3.8, 4) is 0 Å². The van der Waals surface area contributed by atoms with Crippen LogP contribution in [0.5, 0.6) is 0 Å². The molecule has 0 saturated heterocycles. The van der Waals surface area contributed by atoms with Crippen molar-refractivity contribution in [2.45, 2.75) is 321 Å². The van der Waals surface area contributed by atoms with Crippen molar-refractivity contribution in [2.75, 3.05) is 6.54 Å². The number of hydrogen-bond donors (Lipinski definition) is 0. The molecule has 0 aromatic carbocycles. The number of allylic oxidation sites excluding steroid dienone is 1. The van der Waals surface area contributed by atoms with Gasteiger partial charge in [0.1, 0.15) is 61.7 Å². The second kappa shape index (κ2) is 65.8. The summed E-state index contributed by atoms with van der Waals surface area (Å²) in [5.74, 6) is 12.6. The maximum absolute atomic E-state index is 5.23. The van der Waals surface area contributed by atoms with E-state index in [1.807, 2.05) is 125 Å². The molecule has 24 nitrogen and oxygen atoms in total. The third-order valence-electron chi connectivity index (χ3n) is 14.3. The first kappa shape index (κ1) is 125. The van der Waals surface area contributed by atoms with Crippen molar-refractivity contribution in [1.82, 2.24) is 104 Å². The number of imidazole rings is 2. The average molecular weight is 1570 g/mol. The molecule has 0 unspecified atom stereocenters. The van der Waals surface area contributed by atoms with Crippen molar-refractivity contribution in [2.24, 2.45) is 53.2 Å². The van der Waals surface area contributed by atoms with E-state index in [4.69, 9.17) is 8.83 Å². The summed E-state index contributed by atoms with van der Waals surface area (Å²) in [7, 11) is 11.8. The van der Waals surface area contributed by atoms with Crippen LogP contribution in [0.3, 0.4) is 0 Å². The molecule has 0 bridgehead atoms. The molecular weight excluding hydrogens is 1400 g/mol. The number of aliphatic imine (C=N–C) groups is 1. The first-order chi connectivity index (χ1) is 45.9. The molecule has 11 heterocycles. The maximum Gasteiger partial charge on any atom is 0.191 e. The smallest absolute Gasteiger partial charge is 0.191 e. The van der Waals surface area contributed by atoms with Gasteiger partial charge in [0.05, 0.1) is 37.2 Å². The Morgan fingerprint density at radius 2 is 0.991 bits per heavy atom. The van der Waals surface area contributed by atoms with E-state index in [-0.39, 0.29) is 81.7 Å². The van der Waals surface area contributed by atoms with E-state index in [9.17, 15) is 0 Å². The molecule has 0 fully saturated rings. The minimum absolute atomic E-state index is 0. The Bertz CT molecular complexity index is 3360. The van der Waals surface area contributed by atoms with Crippen LogP contribution in [0.4, 0.5) is 0 Å². The lowest BCUT2D eigenvalue weighted by atomic mass is 10.1. The lowest BCUT2D eigenvalue weighted by Gasteiger charge is -2.05. The number of rotatable bonds is 11. The van der Waals surface area contributed by atoms with E-state index in [0.717, 1.165) is 68.0 Å². The maximum atomic E-state index is 5.23. The van der Waals surface area contributed by atoms with Gasteiger partial charge in [0.2, 0.25) is 0 Å². The van der Waals surface area contributed by atoms with Crippen molar-refractivity contribution >= 4 is 28.9 Å². The summed E-state index contributed by atoms with van der Waals surface area (Å²) in [6, 6.07) is 0. The van der Waals surface area contributed by atoms with E-state index in [2.05, 4.69) is 251 Å². The molecule has 0 atom stereocenters. The molecular formula is C83H166N22O2S2. The molecule has 0 spiro atoms. The van der Waals surface area contributed by atoms with Crippen LogP contribution in [0.2, 0.25) is 0 Å². The summed E-state index contributed by atoms with van der Waals surface area (Å²) >= 11 is 3.28. The molecule has 1 aliphatic heterocycles. The quantitative estimate of drug-likeness (QED) is 0.116. The van der Waals surface area contributed by atoms with Crippen LogP contribution < -0.4 is 0 Å². The van der Waals surface area contributed by atoms with Gasteiger partial charge in [-0.3, -0.25) is 14.4 Å². The summed E-state index contributed by atoms with van der Waals surface area (Å²) in [5.41, 5.74) is 8.09. The van der Waals surface area contributed by atoms with Crippen molar-refractivity contribution < 1.29 is 8.83 Å². The fourth-order valence-corrected chi connectivity index (χ4v) is 9.25. The monoisotopic (exact) mass is 1570 g/mol. The van der Waals surface area contributed by atoms with Gasteiger partial charge in [0, 0.05) is 127 Å². The van der Waals surface area contributed by atoms with Crippen LogP contribution in [0.25, 0.3) is 0 Å². The number of oxazole rings is 2. The highest BCUT2D eigenvalue weighted by Crippen LogP contribution is 2.20. The molecule has 1 aliphatic rings. The predicted molar refractivity (Wildman–Crippen MR) is 476 cm³/mol. The summed E-state index contributed by atoms with van der Waals surface area (Å²) < 4.78 is 21.9. The topological polar surface area (TPSA) is 262 Å². The molecule has 632 valence electrons. The van der Waals surface area contributed by atoms with E-state index in [1.165, 1.54) is 28.9 Å². The van der Waals surface area contributed by atoms with Gasteiger partial charge in [-0.05, 0) is 61.5 Å². The van der Waals surface area contributed by atoms with Gasteiger partial charge in [0.15, 0.2) is 12.3 Å². The minimum atomic E-state index is 0. The summed E-state index contributed by atoms with van der Waals surface area (Å²) in [6.07, 6.45) is 22.4. The largest absolute Gasteiger partial charge is 0.448 e. The Hall–Kier alpha value is -8.00. The van der Waals surface area contributed by atoms with Crippen LogP contribution in [0.1, 0.15) is 372 Å². The molecule has 0 amide bonds. The Morgan fingerprint density at radius 3 is 1.19 bits per heavy atom. The molecule has 0 radical (unpaired) electrons. The standard InChI is InChI=1S/C8H14N2.C7H13N3.2C7H12N2.C7H11NO.C7H11N.2C6H11N3.C6H10N2S.C6H9NO.C5H8N2S.11CH4/c1-6(2)8-5-9-7(3)10(8)4;1-5(2)7-9-8-6(3)10(7)4;1-6(2)7-4-8-5-9(7)3;1-6(2)7-4-8-9(3)5-7;1-5(2)7-4-8-6(3)9-7;1-6(2)7-3-4-8-5-7;1-5(2)6-8-7-4-9(6)3;1-5(2)6-4-9(3)8-7-6;1-4(2)6-8-7-5(3)9-6;1-5(2)6-3-7-4-8-6;1-4(2)5-7-6-3-8-5;;;;;;;;;;;/h5-6H,1-4H3;5H,1-4H3;2*4-6H,1-3H3;4-5H,1-3H3;3,5-6H,4H2,1-2H3;2*4-5H,1-3H3;4H,1-3H3;3-5H,1-2H3;3-4H,1-2H3;11*1H4. The lowest BCUT2D eigenvalue weighted by molar-refractivity contribution is 0.456. The Morgan fingerprint density at radius 1 is 0.422 bits per heavy atom. The fourth-order valence-electron chi connectivity index (χ4n) is 7.98. The van der Waals surface area contributed by atoms with Crippen LogP contribution in [0.15, 0.2) is 93.4 Å². The van der Waals surface area contributed by atoms with Crippen LogP contribution >= 0.6 is 22.7 Å². The predicted octanol–water partition coefficient (Wildman–Crippen LogP) is 24.2. The number of aryl methyl sites for hydroxylation is 8. The first-order valence-corrected chi connectivity index (χ1v) is 35.6. The van der Waals surface area contributed by atoms with Crippen molar-refractivity contribution in [3.05, 3.63) is 158 Å². The minimum Gasteiger partial charge on any atom is -0.448 e. The number of aromatic nitrogens is 21. The van der Waals surface area contributed by atoms with Gasteiger partial charge in [0.25, 0.3) is 0 Å². The zero-order valence-electron chi connectivity index (χ0n) is 65.5. The fraction of sp³-hybridized carbons (Fsp3) is 0.663. The molecule has 10 aromatic heterocycles. The van der Waals surface area contributed by atoms with Gasteiger partial charge >= 0.3 is 0 Å². The van der Waals surface area contributed by atoms with E-state index >= 15 is 0 Å².